The van der Waals surface area contributed by atoms with Gasteiger partial charge in [-0.2, -0.15) is 11.3 Å². The molecule has 2 aromatic rings. The summed E-state index contributed by atoms with van der Waals surface area (Å²) in [6, 6.07) is 6.01. The van der Waals surface area contributed by atoms with Crippen molar-refractivity contribution in [3.63, 3.8) is 0 Å². The SMILES string of the molecule is F[B-](F)(F)c1cc2cccc(Cl)c2s1.[K+]. The summed E-state index contributed by atoms with van der Waals surface area (Å²) in [7, 11) is 0. The van der Waals surface area contributed by atoms with Gasteiger partial charge in [0.25, 0.3) is 0 Å². The molecular formula is C8H4BClF3KS. The number of hydrogen-bond acceptors (Lipinski definition) is 1. The first-order chi connectivity index (χ1) is 6.48. The quantitative estimate of drug-likeness (QED) is 0.669. The zero-order valence-corrected chi connectivity index (χ0v) is 12.5. The van der Waals surface area contributed by atoms with Crippen LogP contribution in [0.1, 0.15) is 0 Å². The van der Waals surface area contributed by atoms with Crippen molar-refractivity contribution >= 4 is 44.8 Å². The molecule has 0 fully saturated rings. The first kappa shape index (κ1) is 14.0. The third-order valence-corrected chi connectivity index (χ3v) is 3.55. The number of thiophene rings is 1. The van der Waals surface area contributed by atoms with Crippen LogP contribution in [0.3, 0.4) is 0 Å². The fourth-order valence-corrected chi connectivity index (χ4v) is 2.47. The van der Waals surface area contributed by atoms with E-state index in [4.69, 9.17) is 11.6 Å². The molecule has 15 heavy (non-hydrogen) atoms. The maximum atomic E-state index is 12.4. The summed E-state index contributed by atoms with van der Waals surface area (Å²) in [5, 5.41) is 0.926. The summed E-state index contributed by atoms with van der Waals surface area (Å²) in [4.78, 5) is 0. The molecule has 1 heterocycles. The second-order valence-electron chi connectivity index (χ2n) is 2.88. The number of fused-ring (bicyclic) bond motifs is 1. The fourth-order valence-electron chi connectivity index (χ4n) is 1.21. The molecule has 2 rings (SSSR count). The van der Waals surface area contributed by atoms with Gasteiger partial charge in [-0.15, -0.1) is 0 Å². The second kappa shape index (κ2) is 5.08. The molecule has 0 bridgehead atoms. The molecule has 0 nitrogen and oxygen atoms in total. The summed E-state index contributed by atoms with van der Waals surface area (Å²) in [6.07, 6.45) is 0. The minimum absolute atomic E-state index is 0. The van der Waals surface area contributed by atoms with Crippen molar-refractivity contribution in [2.45, 2.75) is 0 Å². The van der Waals surface area contributed by atoms with Crippen LogP contribution in [-0.2, 0) is 0 Å². The summed E-state index contributed by atoms with van der Waals surface area (Å²) < 4.78 is 37.1. The van der Waals surface area contributed by atoms with E-state index in [1.165, 1.54) is 0 Å². The minimum atomic E-state index is -4.91. The van der Waals surface area contributed by atoms with Gasteiger partial charge >= 0.3 is 58.4 Å². The van der Waals surface area contributed by atoms with Crippen molar-refractivity contribution in [3.05, 3.63) is 29.3 Å². The molecule has 7 heteroatoms. The van der Waals surface area contributed by atoms with Gasteiger partial charge in [-0.25, -0.2) is 0 Å². The third-order valence-electron chi connectivity index (χ3n) is 1.84. The van der Waals surface area contributed by atoms with E-state index in [0.717, 1.165) is 6.07 Å². The van der Waals surface area contributed by atoms with E-state index in [1.54, 1.807) is 18.2 Å². The largest absolute Gasteiger partial charge is 1.00 e. The first-order valence-corrected chi connectivity index (χ1v) is 5.06. The zero-order chi connectivity index (χ0) is 10.3. The van der Waals surface area contributed by atoms with Crippen LogP contribution in [-0.4, -0.2) is 6.98 Å². The van der Waals surface area contributed by atoms with Crippen LogP contribution in [0, 0.1) is 0 Å². The van der Waals surface area contributed by atoms with E-state index in [-0.39, 0.29) is 51.4 Å². The molecule has 0 unspecified atom stereocenters. The van der Waals surface area contributed by atoms with Crippen molar-refractivity contribution in [1.29, 1.82) is 0 Å². The molecule has 0 spiro atoms. The van der Waals surface area contributed by atoms with E-state index < -0.39 is 11.8 Å². The van der Waals surface area contributed by atoms with Gasteiger partial charge in [-0.3, -0.25) is 0 Å². The van der Waals surface area contributed by atoms with Gasteiger partial charge in [0.15, 0.2) is 0 Å². The minimum Gasteiger partial charge on any atom is -0.444 e. The molecule has 0 aliphatic heterocycles. The Morgan fingerprint density at radius 3 is 2.40 bits per heavy atom. The van der Waals surface area contributed by atoms with E-state index in [9.17, 15) is 12.9 Å². The van der Waals surface area contributed by atoms with Gasteiger partial charge in [0.1, 0.15) is 0 Å². The standard InChI is InChI=1S/C8H4BClF3S.K/c10-6-3-1-2-5-4-7(9(11,12)13)14-8(5)6;/h1-4H;/q-1;+1. The monoisotopic (exact) mass is 274 g/mol. The maximum Gasteiger partial charge on any atom is 1.00 e. The zero-order valence-electron chi connectivity index (χ0n) is 7.81. The van der Waals surface area contributed by atoms with E-state index >= 15 is 0 Å². The number of hydrogen-bond donors (Lipinski definition) is 0. The predicted molar refractivity (Wildman–Crippen MR) is 55.5 cm³/mol. The molecule has 0 aliphatic carbocycles. The molecule has 0 radical (unpaired) electrons. The van der Waals surface area contributed by atoms with Crippen LogP contribution >= 0.6 is 22.9 Å². The van der Waals surface area contributed by atoms with Crippen molar-refractivity contribution in [2.24, 2.45) is 0 Å². The Hall–Kier alpha value is 0.961. The Kier molecular flexibility index (Phi) is 4.75. The second-order valence-corrected chi connectivity index (χ2v) is 4.37. The van der Waals surface area contributed by atoms with Gasteiger partial charge in [0, 0.05) is 4.70 Å². The predicted octanol–water partition coefficient (Wildman–Crippen LogP) is 0.613. The van der Waals surface area contributed by atoms with Crippen LogP contribution < -0.4 is 56.2 Å². The van der Waals surface area contributed by atoms with Crippen molar-refractivity contribution < 1.29 is 64.3 Å². The molecule has 0 saturated heterocycles. The van der Waals surface area contributed by atoms with E-state index in [1.807, 2.05) is 0 Å². The molecule has 1 aromatic heterocycles. The van der Waals surface area contributed by atoms with Crippen LogP contribution in [0.25, 0.3) is 10.1 Å². The molecular weight excluding hydrogens is 271 g/mol. The Labute approximate surface area is 136 Å². The van der Waals surface area contributed by atoms with Crippen molar-refractivity contribution in [2.75, 3.05) is 0 Å². The van der Waals surface area contributed by atoms with E-state index in [2.05, 4.69) is 0 Å². The van der Waals surface area contributed by atoms with Gasteiger partial charge in [0.2, 0.25) is 0 Å². The van der Waals surface area contributed by atoms with Gasteiger partial charge < -0.3 is 12.9 Å². The van der Waals surface area contributed by atoms with Crippen LogP contribution in [0.4, 0.5) is 12.9 Å². The molecule has 1 aromatic carbocycles. The van der Waals surface area contributed by atoms with Crippen LogP contribution in [0.15, 0.2) is 24.3 Å². The van der Waals surface area contributed by atoms with E-state index in [0.29, 0.717) is 26.4 Å². The maximum absolute atomic E-state index is 12.4. The van der Waals surface area contributed by atoms with Gasteiger partial charge in [-0.05, 0) is 11.5 Å². The van der Waals surface area contributed by atoms with Gasteiger partial charge in [0.05, 0.1) is 5.02 Å². The normalized spacial score (nSPS) is 11.5. The molecule has 0 aliphatic rings. The summed E-state index contributed by atoms with van der Waals surface area (Å²) in [6.45, 7) is -4.91. The average Bonchev–Trinajstić information content (AvgIpc) is 2.48. The number of halogens is 4. The topological polar surface area (TPSA) is 0 Å². The van der Waals surface area contributed by atoms with Crippen molar-refractivity contribution in [1.82, 2.24) is 0 Å². The Bertz CT molecular complexity index is 482. The first-order valence-electron chi connectivity index (χ1n) is 3.86. The molecule has 0 amide bonds. The Morgan fingerprint density at radius 2 is 1.87 bits per heavy atom. The molecule has 0 N–H and O–H groups in total. The molecule has 74 valence electrons. The van der Waals surface area contributed by atoms with Crippen LogP contribution in [0.5, 0.6) is 0 Å². The fraction of sp³-hybridized carbons (Fsp3) is 0. The molecule has 0 atom stereocenters. The van der Waals surface area contributed by atoms with Crippen molar-refractivity contribution in [3.8, 4) is 0 Å². The summed E-state index contributed by atoms with van der Waals surface area (Å²) in [5.41, 5.74) is 0. The smallest absolute Gasteiger partial charge is 0.444 e. The number of benzene rings is 1. The summed E-state index contributed by atoms with van der Waals surface area (Å²) >= 11 is 6.47. The Morgan fingerprint density at radius 1 is 1.20 bits per heavy atom. The van der Waals surface area contributed by atoms with Gasteiger partial charge in [-0.1, -0.05) is 34.6 Å². The average molecular weight is 275 g/mol. The summed E-state index contributed by atoms with van der Waals surface area (Å²) in [5.74, 6) is 0. The number of rotatable bonds is 1. The molecule has 0 saturated carbocycles. The Balaban J connectivity index is 0.00000112. The third kappa shape index (κ3) is 3.00. The van der Waals surface area contributed by atoms with Crippen LogP contribution in [0.2, 0.25) is 5.02 Å².